The molecular formula is C27H20N4. The van der Waals surface area contributed by atoms with Crippen LogP contribution in [0.1, 0.15) is 28.2 Å². The van der Waals surface area contributed by atoms with Crippen LogP contribution >= 0.6 is 0 Å². The van der Waals surface area contributed by atoms with Gasteiger partial charge in [-0.3, -0.25) is 0 Å². The number of aryl methyl sites for hydroxylation is 1. The zero-order chi connectivity index (χ0) is 20.8. The van der Waals surface area contributed by atoms with Gasteiger partial charge in [0, 0.05) is 18.5 Å². The lowest BCUT2D eigenvalue weighted by Crippen LogP contribution is -2.06. The van der Waals surface area contributed by atoms with Crippen LogP contribution in [0.25, 0.3) is 33.8 Å². The molecule has 1 atom stereocenters. The Morgan fingerprint density at radius 1 is 0.742 bits per heavy atom. The summed E-state index contributed by atoms with van der Waals surface area (Å²) in [5, 5.41) is 14.8. The molecule has 0 radical (unpaired) electrons. The van der Waals surface area contributed by atoms with Crippen LogP contribution in [0, 0.1) is 0 Å². The van der Waals surface area contributed by atoms with E-state index >= 15 is 0 Å². The Hall–Kier alpha value is -4.05. The predicted molar refractivity (Wildman–Crippen MR) is 124 cm³/mol. The van der Waals surface area contributed by atoms with E-state index in [2.05, 4.69) is 113 Å². The SMILES string of the molecule is Cn1nnnc1-c1c(C2C(c3ccccc3)=Cc3ccccc32)ccc2ccccc12. The Morgan fingerprint density at radius 2 is 1.52 bits per heavy atom. The number of hydrogen-bond donors (Lipinski definition) is 0. The third-order valence-corrected chi connectivity index (χ3v) is 6.15. The molecule has 0 bridgehead atoms. The highest BCUT2D eigenvalue weighted by Crippen LogP contribution is 2.49. The molecule has 31 heavy (non-hydrogen) atoms. The molecule has 5 aromatic rings. The van der Waals surface area contributed by atoms with Crippen LogP contribution < -0.4 is 0 Å². The molecule has 1 aliphatic rings. The first-order chi connectivity index (χ1) is 15.3. The van der Waals surface area contributed by atoms with Crippen LogP contribution in [-0.2, 0) is 7.05 Å². The van der Waals surface area contributed by atoms with E-state index < -0.39 is 0 Å². The fourth-order valence-corrected chi connectivity index (χ4v) is 4.76. The largest absolute Gasteiger partial charge is 0.229 e. The van der Waals surface area contributed by atoms with Crippen molar-refractivity contribution in [1.82, 2.24) is 20.2 Å². The minimum absolute atomic E-state index is 0.106. The molecule has 0 amide bonds. The summed E-state index contributed by atoms with van der Waals surface area (Å²) in [5.41, 5.74) is 7.42. The molecule has 4 aromatic carbocycles. The van der Waals surface area contributed by atoms with Crippen LogP contribution in [0.4, 0.5) is 0 Å². The highest BCUT2D eigenvalue weighted by Gasteiger charge is 2.31. The van der Waals surface area contributed by atoms with Gasteiger partial charge in [0.1, 0.15) is 0 Å². The van der Waals surface area contributed by atoms with Crippen LogP contribution in [0.2, 0.25) is 0 Å². The van der Waals surface area contributed by atoms with E-state index in [0.29, 0.717) is 0 Å². The molecule has 148 valence electrons. The fourth-order valence-electron chi connectivity index (χ4n) is 4.76. The number of rotatable bonds is 3. The number of allylic oxidation sites excluding steroid dienone is 1. The molecule has 6 rings (SSSR count). The second-order valence-electron chi connectivity index (χ2n) is 7.90. The Kier molecular flexibility index (Phi) is 4.03. The van der Waals surface area contributed by atoms with E-state index in [1.165, 1.54) is 33.2 Å². The topological polar surface area (TPSA) is 43.6 Å². The highest BCUT2D eigenvalue weighted by atomic mass is 15.5. The Labute approximate surface area is 180 Å². The molecule has 0 saturated heterocycles. The van der Waals surface area contributed by atoms with Gasteiger partial charge in [-0.2, -0.15) is 0 Å². The minimum atomic E-state index is 0.106. The lowest BCUT2D eigenvalue weighted by Gasteiger charge is -2.22. The van der Waals surface area contributed by atoms with Crippen molar-refractivity contribution in [3.05, 3.63) is 113 Å². The second-order valence-corrected chi connectivity index (χ2v) is 7.90. The van der Waals surface area contributed by atoms with E-state index in [1.54, 1.807) is 4.68 Å². The monoisotopic (exact) mass is 400 g/mol. The fraction of sp³-hybridized carbons (Fsp3) is 0.0741. The smallest absolute Gasteiger partial charge is 0.182 e. The summed E-state index contributed by atoms with van der Waals surface area (Å²) in [7, 11) is 1.90. The lowest BCUT2D eigenvalue weighted by atomic mass is 9.81. The molecule has 1 heterocycles. The quantitative estimate of drug-likeness (QED) is 0.389. The molecule has 4 nitrogen and oxygen atoms in total. The maximum Gasteiger partial charge on any atom is 0.182 e. The average molecular weight is 400 g/mol. The summed E-state index contributed by atoms with van der Waals surface area (Å²) >= 11 is 0. The molecule has 4 heteroatoms. The first kappa shape index (κ1) is 17.8. The van der Waals surface area contributed by atoms with Gasteiger partial charge in [0.25, 0.3) is 0 Å². The van der Waals surface area contributed by atoms with Gasteiger partial charge in [-0.1, -0.05) is 91.0 Å². The van der Waals surface area contributed by atoms with Crippen molar-refractivity contribution in [3.8, 4) is 11.4 Å². The van der Waals surface area contributed by atoms with Gasteiger partial charge in [0.05, 0.1) is 0 Å². The number of benzene rings is 4. The molecule has 0 saturated carbocycles. The molecule has 0 N–H and O–H groups in total. The van der Waals surface area contributed by atoms with Gasteiger partial charge in [0.2, 0.25) is 0 Å². The number of tetrazole rings is 1. The molecule has 0 fully saturated rings. The van der Waals surface area contributed by atoms with Crippen LogP contribution in [0.5, 0.6) is 0 Å². The van der Waals surface area contributed by atoms with Crippen LogP contribution in [0.3, 0.4) is 0 Å². The number of hydrogen-bond acceptors (Lipinski definition) is 3. The van der Waals surface area contributed by atoms with Gasteiger partial charge in [-0.25, -0.2) is 4.68 Å². The maximum absolute atomic E-state index is 4.40. The molecular weight excluding hydrogens is 380 g/mol. The molecule has 1 aliphatic carbocycles. The Morgan fingerprint density at radius 3 is 2.35 bits per heavy atom. The zero-order valence-electron chi connectivity index (χ0n) is 17.1. The molecule has 1 aromatic heterocycles. The minimum Gasteiger partial charge on any atom is -0.229 e. The number of fused-ring (bicyclic) bond motifs is 2. The molecule has 0 aliphatic heterocycles. The van der Waals surface area contributed by atoms with Gasteiger partial charge >= 0.3 is 0 Å². The lowest BCUT2D eigenvalue weighted by molar-refractivity contribution is 0.714. The zero-order valence-corrected chi connectivity index (χ0v) is 17.1. The van der Waals surface area contributed by atoms with Crippen molar-refractivity contribution in [2.75, 3.05) is 0 Å². The summed E-state index contributed by atoms with van der Waals surface area (Å²) in [5.74, 6) is 0.887. The van der Waals surface area contributed by atoms with Gasteiger partial charge in [-0.15, -0.1) is 5.10 Å². The summed E-state index contributed by atoms with van der Waals surface area (Å²) in [6.07, 6.45) is 2.32. The average Bonchev–Trinajstić information content (AvgIpc) is 3.42. The van der Waals surface area contributed by atoms with E-state index in [-0.39, 0.29) is 5.92 Å². The van der Waals surface area contributed by atoms with E-state index in [4.69, 9.17) is 0 Å². The Balaban J connectivity index is 1.68. The van der Waals surface area contributed by atoms with Crippen molar-refractivity contribution in [3.63, 3.8) is 0 Å². The summed E-state index contributed by atoms with van der Waals surface area (Å²) < 4.78 is 1.76. The maximum atomic E-state index is 4.40. The number of aromatic nitrogens is 4. The molecule has 0 spiro atoms. The first-order valence-electron chi connectivity index (χ1n) is 10.4. The van der Waals surface area contributed by atoms with Crippen molar-refractivity contribution >= 4 is 22.4 Å². The van der Waals surface area contributed by atoms with Crippen LogP contribution in [-0.4, -0.2) is 20.2 Å². The van der Waals surface area contributed by atoms with Crippen molar-refractivity contribution in [2.45, 2.75) is 5.92 Å². The summed E-state index contributed by atoms with van der Waals surface area (Å²) in [6.45, 7) is 0. The predicted octanol–water partition coefficient (Wildman–Crippen LogP) is 5.72. The second kappa shape index (κ2) is 7.03. The van der Waals surface area contributed by atoms with E-state index in [0.717, 1.165) is 16.8 Å². The van der Waals surface area contributed by atoms with Crippen molar-refractivity contribution in [1.29, 1.82) is 0 Å². The number of nitrogens with zero attached hydrogens (tertiary/aromatic N) is 4. The van der Waals surface area contributed by atoms with Crippen LogP contribution in [0.15, 0.2) is 91.0 Å². The normalized spacial score (nSPS) is 15.1. The molecule has 1 unspecified atom stereocenters. The van der Waals surface area contributed by atoms with Gasteiger partial charge < -0.3 is 0 Å². The summed E-state index contributed by atoms with van der Waals surface area (Å²) in [6, 6.07) is 32.2. The third kappa shape index (κ3) is 2.80. The van der Waals surface area contributed by atoms with Gasteiger partial charge in [-0.05, 0) is 55.1 Å². The third-order valence-electron chi connectivity index (χ3n) is 6.15. The van der Waals surface area contributed by atoms with E-state index in [1.807, 2.05) is 7.05 Å². The summed E-state index contributed by atoms with van der Waals surface area (Å²) in [4.78, 5) is 0. The highest BCUT2D eigenvalue weighted by molar-refractivity contribution is 6.01. The van der Waals surface area contributed by atoms with E-state index in [9.17, 15) is 0 Å². The standard InChI is InChI=1S/C27H20N4/c1-31-27(28-29-30-31)26-21-13-7-5-11-19(21)15-16-23(26)25-22-14-8-6-12-20(22)17-24(25)18-9-3-2-4-10-18/h2-17,25H,1H3. The Bertz CT molecular complexity index is 1450. The first-order valence-corrected chi connectivity index (χ1v) is 10.4. The van der Waals surface area contributed by atoms with Gasteiger partial charge in [0.15, 0.2) is 5.82 Å². The van der Waals surface area contributed by atoms with Crippen molar-refractivity contribution < 1.29 is 0 Å². The van der Waals surface area contributed by atoms with Crippen molar-refractivity contribution in [2.24, 2.45) is 7.05 Å².